The third-order valence-electron chi connectivity index (χ3n) is 3.92. The van der Waals surface area contributed by atoms with Crippen molar-refractivity contribution in [3.05, 3.63) is 29.6 Å². The average molecular weight is 250 g/mol. The van der Waals surface area contributed by atoms with E-state index in [0.717, 1.165) is 30.3 Å². The summed E-state index contributed by atoms with van der Waals surface area (Å²) in [7, 11) is 0. The van der Waals surface area contributed by atoms with Gasteiger partial charge in [-0.15, -0.1) is 0 Å². The fraction of sp³-hybridized carbons (Fsp3) is 0.600. The molecular formula is C15H23FN2. The van der Waals surface area contributed by atoms with E-state index >= 15 is 0 Å². The van der Waals surface area contributed by atoms with Crippen molar-refractivity contribution in [1.82, 2.24) is 0 Å². The Bertz CT molecular complexity index is 384. The molecule has 2 rings (SSSR count). The van der Waals surface area contributed by atoms with Crippen molar-refractivity contribution in [2.24, 2.45) is 11.7 Å². The quantitative estimate of drug-likeness (QED) is 0.888. The molecule has 3 heteroatoms. The molecule has 1 aliphatic rings. The van der Waals surface area contributed by atoms with E-state index in [-0.39, 0.29) is 5.82 Å². The molecule has 0 radical (unpaired) electrons. The minimum atomic E-state index is -0.133. The molecule has 1 aromatic rings. The zero-order valence-corrected chi connectivity index (χ0v) is 11.2. The number of hydrogen-bond acceptors (Lipinski definition) is 2. The molecule has 0 aliphatic carbocycles. The lowest BCUT2D eigenvalue weighted by Crippen LogP contribution is -2.35. The lowest BCUT2D eigenvalue weighted by Gasteiger charge is -2.34. The van der Waals surface area contributed by atoms with Gasteiger partial charge in [0.15, 0.2) is 0 Å². The highest BCUT2D eigenvalue weighted by atomic mass is 19.1. The molecule has 1 saturated heterocycles. The van der Waals surface area contributed by atoms with E-state index in [1.807, 2.05) is 6.07 Å². The molecular weight excluding hydrogens is 227 g/mol. The number of nitrogens with zero attached hydrogens (tertiary/aromatic N) is 1. The van der Waals surface area contributed by atoms with Crippen LogP contribution in [0, 0.1) is 11.7 Å². The Labute approximate surface area is 109 Å². The number of piperidine rings is 1. The summed E-state index contributed by atoms with van der Waals surface area (Å²) < 4.78 is 14.0. The van der Waals surface area contributed by atoms with Crippen LogP contribution in [0.25, 0.3) is 0 Å². The lowest BCUT2D eigenvalue weighted by atomic mass is 9.92. The van der Waals surface area contributed by atoms with Gasteiger partial charge in [0.2, 0.25) is 0 Å². The minimum Gasteiger partial charge on any atom is -0.369 e. The van der Waals surface area contributed by atoms with Gasteiger partial charge in [0.25, 0.3) is 0 Å². The Morgan fingerprint density at radius 3 is 2.67 bits per heavy atom. The van der Waals surface area contributed by atoms with Gasteiger partial charge in [-0.2, -0.15) is 0 Å². The zero-order valence-electron chi connectivity index (χ0n) is 11.2. The van der Waals surface area contributed by atoms with Gasteiger partial charge in [-0.3, -0.25) is 0 Å². The fourth-order valence-electron chi connectivity index (χ4n) is 2.93. The molecule has 0 aromatic heterocycles. The van der Waals surface area contributed by atoms with Crippen LogP contribution in [-0.2, 0) is 6.54 Å². The molecule has 18 heavy (non-hydrogen) atoms. The van der Waals surface area contributed by atoms with E-state index < -0.39 is 0 Å². The van der Waals surface area contributed by atoms with Gasteiger partial charge in [-0.05, 0) is 30.4 Å². The Morgan fingerprint density at radius 1 is 1.33 bits per heavy atom. The molecule has 0 unspecified atom stereocenters. The number of rotatable bonds is 4. The molecule has 0 bridgehead atoms. The van der Waals surface area contributed by atoms with Crippen LogP contribution in [0.5, 0.6) is 0 Å². The number of benzene rings is 1. The number of para-hydroxylation sites is 1. The van der Waals surface area contributed by atoms with E-state index in [9.17, 15) is 4.39 Å². The summed E-state index contributed by atoms with van der Waals surface area (Å²) in [5, 5.41) is 0. The molecule has 1 fully saturated rings. The highest BCUT2D eigenvalue weighted by Gasteiger charge is 2.22. The summed E-state index contributed by atoms with van der Waals surface area (Å²) in [6.07, 6.45) is 4.89. The highest BCUT2D eigenvalue weighted by molar-refractivity contribution is 5.55. The van der Waals surface area contributed by atoms with Gasteiger partial charge in [0.05, 0.1) is 5.69 Å². The van der Waals surface area contributed by atoms with Crippen LogP contribution < -0.4 is 10.6 Å². The van der Waals surface area contributed by atoms with Crippen molar-refractivity contribution < 1.29 is 4.39 Å². The van der Waals surface area contributed by atoms with E-state index in [4.69, 9.17) is 5.73 Å². The summed E-state index contributed by atoms with van der Waals surface area (Å²) in [5.74, 6) is 0.686. The first-order valence-electron chi connectivity index (χ1n) is 6.98. The Balaban J connectivity index is 2.09. The van der Waals surface area contributed by atoms with E-state index in [0.29, 0.717) is 6.54 Å². The molecule has 0 spiro atoms. The monoisotopic (exact) mass is 250 g/mol. The van der Waals surface area contributed by atoms with Gasteiger partial charge in [-0.1, -0.05) is 31.9 Å². The van der Waals surface area contributed by atoms with Crippen molar-refractivity contribution >= 4 is 5.69 Å². The Kier molecular flexibility index (Phi) is 4.59. The number of halogens is 1. The topological polar surface area (TPSA) is 29.3 Å². The normalized spacial score (nSPS) is 17.2. The fourth-order valence-corrected chi connectivity index (χ4v) is 2.93. The lowest BCUT2D eigenvalue weighted by molar-refractivity contribution is 0.376. The van der Waals surface area contributed by atoms with Crippen LogP contribution in [0.15, 0.2) is 18.2 Å². The first kappa shape index (κ1) is 13.3. The SMILES string of the molecule is CCCC1CCN(c2c(F)cccc2CN)CC1. The molecule has 0 atom stereocenters. The van der Waals surface area contributed by atoms with Crippen LogP contribution in [-0.4, -0.2) is 13.1 Å². The highest BCUT2D eigenvalue weighted by Crippen LogP contribution is 2.30. The average Bonchev–Trinajstić information content (AvgIpc) is 2.40. The van der Waals surface area contributed by atoms with Crippen LogP contribution >= 0.6 is 0 Å². The molecule has 1 heterocycles. The zero-order chi connectivity index (χ0) is 13.0. The van der Waals surface area contributed by atoms with Crippen LogP contribution in [0.4, 0.5) is 10.1 Å². The molecule has 2 nitrogen and oxygen atoms in total. The maximum absolute atomic E-state index is 14.0. The molecule has 2 N–H and O–H groups in total. The van der Waals surface area contributed by atoms with Crippen LogP contribution in [0.3, 0.4) is 0 Å². The summed E-state index contributed by atoms with van der Waals surface area (Å²) in [6.45, 7) is 4.55. The summed E-state index contributed by atoms with van der Waals surface area (Å²) in [4.78, 5) is 2.17. The summed E-state index contributed by atoms with van der Waals surface area (Å²) >= 11 is 0. The summed E-state index contributed by atoms with van der Waals surface area (Å²) in [6, 6.07) is 5.20. The van der Waals surface area contributed by atoms with Crippen molar-refractivity contribution in [3.8, 4) is 0 Å². The maximum Gasteiger partial charge on any atom is 0.146 e. The Morgan fingerprint density at radius 2 is 2.06 bits per heavy atom. The third-order valence-corrected chi connectivity index (χ3v) is 3.92. The second-order valence-corrected chi connectivity index (χ2v) is 5.17. The first-order chi connectivity index (χ1) is 8.76. The van der Waals surface area contributed by atoms with Crippen LogP contribution in [0.1, 0.15) is 38.2 Å². The Hall–Kier alpha value is -1.09. The maximum atomic E-state index is 14.0. The second kappa shape index (κ2) is 6.19. The predicted molar refractivity (Wildman–Crippen MR) is 74.1 cm³/mol. The smallest absolute Gasteiger partial charge is 0.146 e. The number of hydrogen-bond donors (Lipinski definition) is 1. The minimum absolute atomic E-state index is 0.133. The third kappa shape index (κ3) is 2.83. The van der Waals surface area contributed by atoms with Crippen molar-refractivity contribution in [1.29, 1.82) is 0 Å². The van der Waals surface area contributed by atoms with Gasteiger partial charge in [0.1, 0.15) is 5.82 Å². The first-order valence-corrected chi connectivity index (χ1v) is 6.98. The molecule has 0 amide bonds. The molecule has 100 valence electrons. The van der Waals surface area contributed by atoms with Gasteiger partial charge in [-0.25, -0.2) is 4.39 Å². The van der Waals surface area contributed by atoms with Crippen molar-refractivity contribution in [2.75, 3.05) is 18.0 Å². The van der Waals surface area contributed by atoms with E-state index in [1.165, 1.54) is 31.7 Å². The summed E-state index contributed by atoms with van der Waals surface area (Å²) in [5.41, 5.74) is 7.36. The predicted octanol–water partition coefficient (Wildman–Crippen LogP) is 3.30. The number of nitrogens with two attached hydrogens (primary N) is 1. The standard InChI is InChI=1S/C15H23FN2/c1-2-4-12-7-9-18(10-8-12)15-13(11-17)5-3-6-14(15)16/h3,5-6,12H,2,4,7-11,17H2,1H3. The van der Waals surface area contributed by atoms with Gasteiger partial charge >= 0.3 is 0 Å². The molecule has 0 saturated carbocycles. The molecule has 1 aliphatic heterocycles. The largest absolute Gasteiger partial charge is 0.369 e. The number of anilines is 1. The van der Waals surface area contributed by atoms with Gasteiger partial charge < -0.3 is 10.6 Å². The van der Waals surface area contributed by atoms with Gasteiger partial charge in [0, 0.05) is 19.6 Å². The molecule has 1 aromatic carbocycles. The van der Waals surface area contributed by atoms with Crippen molar-refractivity contribution in [3.63, 3.8) is 0 Å². The second-order valence-electron chi connectivity index (χ2n) is 5.17. The van der Waals surface area contributed by atoms with E-state index in [1.54, 1.807) is 6.07 Å². The van der Waals surface area contributed by atoms with Crippen LogP contribution in [0.2, 0.25) is 0 Å². The van der Waals surface area contributed by atoms with E-state index in [2.05, 4.69) is 11.8 Å². The van der Waals surface area contributed by atoms with Crippen molar-refractivity contribution in [2.45, 2.75) is 39.2 Å².